The maximum Gasteiger partial charge on any atom is 0.0679 e. The first kappa shape index (κ1) is 11.4. The van der Waals surface area contributed by atoms with Crippen LogP contribution in [0.2, 0.25) is 0 Å². The highest BCUT2D eigenvalue weighted by molar-refractivity contribution is 4.86. The summed E-state index contributed by atoms with van der Waals surface area (Å²) in [7, 11) is 0. The minimum absolute atomic E-state index is 0.0859. The summed E-state index contributed by atoms with van der Waals surface area (Å²) in [5.41, 5.74) is 0.326. The van der Waals surface area contributed by atoms with E-state index in [1.807, 2.05) is 0 Å². The van der Waals surface area contributed by atoms with Crippen LogP contribution in [-0.4, -0.2) is 48.3 Å². The molecule has 1 unspecified atom stereocenters. The van der Waals surface area contributed by atoms with E-state index in [0.29, 0.717) is 5.41 Å². The quantitative estimate of drug-likeness (QED) is 0.708. The normalized spacial score (nSPS) is 28.6. The van der Waals surface area contributed by atoms with Gasteiger partial charge in [-0.25, -0.2) is 0 Å². The first-order valence-corrected chi connectivity index (χ1v) is 6.19. The van der Waals surface area contributed by atoms with Crippen molar-refractivity contribution in [2.75, 3.05) is 26.2 Å². The molecule has 1 saturated heterocycles. The van der Waals surface area contributed by atoms with E-state index in [1.165, 1.54) is 12.8 Å². The van der Waals surface area contributed by atoms with E-state index < -0.39 is 0 Å². The van der Waals surface area contributed by atoms with Crippen molar-refractivity contribution < 1.29 is 5.11 Å². The van der Waals surface area contributed by atoms with Crippen molar-refractivity contribution in [3.8, 4) is 0 Å². The molecule has 1 saturated carbocycles. The number of hydrogen-bond donors (Lipinski definition) is 2. The second-order valence-corrected chi connectivity index (χ2v) is 6.00. The lowest BCUT2D eigenvalue weighted by atomic mass is 9.92. The Hall–Kier alpha value is -0.120. The molecule has 0 spiro atoms. The van der Waals surface area contributed by atoms with Gasteiger partial charge in [0.2, 0.25) is 0 Å². The van der Waals surface area contributed by atoms with Gasteiger partial charge in [0, 0.05) is 32.2 Å². The standard InChI is InChI=1S/C12H24N2O/c1-12(2,8-13-10-3-4-10)9-14-6-5-11(15)7-14/h10-11,13,15H,3-9H2,1-2H3. The van der Waals surface area contributed by atoms with E-state index in [1.54, 1.807) is 0 Å². The van der Waals surface area contributed by atoms with E-state index in [2.05, 4.69) is 24.1 Å². The zero-order chi connectivity index (χ0) is 10.9. The molecule has 2 aliphatic rings. The van der Waals surface area contributed by atoms with Crippen LogP contribution in [0.15, 0.2) is 0 Å². The predicted molar refractivity (Wildman–Crippen MR) is 61.9 cm³/mol. The van der Waals surface area contributed by atoms with Crippen molar-refractivity contribution >= 4 is 0 Å². The lowest BCUT2D eigenvalue weighted by Crippen LogP contribution is -2.40. The molecule has 88 valence electrons. The minimum Gasteiger partial charge on any atom is -0.392 e. The summed E-state index contributed by atoms with van der Waals surface area (Å²) in [6.07, 6.45) is 3.58. The average Bonchev–Trinajstić information content (AvgIpc) is 2.88. The first-order chi connectivity index (χ1) is 7.05. The summed E-state index contributed by atoms with van der Waals surface area (Å²) in [5, 5.41) is 13.1. The summed E-state index contributed by atoms with van der Waals surface area (Å²) < 4.78 is 0. The molecule has 0 amide bonds. The summed E-state index contributed by atoms with van der Waals surface area (Å²) in [6, 6.07) is 0.799. The predicted octanol–water partition coefficient (Wildman–Crippen LogP) is 0.831. The van der Waals surface area contributed by atoms with Crippen LogP contribution in [0.25, 0.3) is 0 Å². The molecule has 2 N–H and O–H groups in total. The maximum absolute atomic E-state index is 9.47. The highest BCUT2D eigenvalue weighted by Gasteiger charge is 2.29. The van der Waals surface area contributed by atoms with Crippen molar-refractivity contribution in [1.29, 1.82) is 0 Å². The monoisotopic (exact) mass is 212 g/mol. The Morgan fingerprint density at radius 2 is 2.07 bits per heavy atom. The summed E-state index contributed by atoms with van der Waals surface area (Å²) in [4.78, 5) is 2.39. The van der Waals surface area contributed by atoms with Gasteiger partial charge < -0.3 is 15.3 Å². The minimum atomic E-state index is -0.0859. The molecule has 15 heavy (non-hydrogen) atoms. The van der Waals surface area contributed by atoms with Crippen LogP contribution < -0.4 is 5.32 Å². The van der Waals surface area contributed by atoms with Crippen molar-refractivity contribution in [3.63, 3.8) is 0 Å². The summed E-state index contributed by atoms with van der Waals surface area (Å²) in [5.74, 6) is 0. The van der Waals surface area contributed by atoms with Gasteiger partial charge in [0.15, 0.2) is 0 Å². The van der Waals surface area contributed by atoms with Gasteiger partial charge in [-0.3, -0.25) is 0 Å². The van der Waals surface area contributed by atoms with Gasteiger partial charge in [0.05, 0.1) is 6.10 Å². The van der Waals surface area contributed by atoms with E-state index in [9.17, 15) is 5.11 Å². The summed E-state index contributed by atoms with van der Waals surface area (Å²) in [6.45, 7) is 8.76. The second kappa shape index (κ2) is 4.40. The van der Waals surface area contributed by atoms with Crippen LogP contribution >= 0.6 is 0 Å². The molecule has 1 aliphatic carbocycles. The lowest BCUT2D eigenvalue weighted by molar-refractivity contribution is 0.153. The third kappa shape index (κ3) is 3.74. The molecule has 1 atom stereocenters. The first-order valence-electron chi connectivity index (χ1n) is 6.19. The molecule has 0 aromatic carbocycles. The van der Waals surface area contributed by atoms with Crippen LogP contribution in [0.4, 0.5) is 0 Å². The number of nitrogens with one attached hydrogen (secondary N) is 1. The second-order valence-electron chi connectivity index (χ2n) is 6.00. The Balaban J connectivity index is 1.70. The number of hydrogen-bond acceptors (Lipinski definition) is 3. The lowest BCUT2D eigenvalue weighted by Gasteiger charge is -2.30. The molecule has 3 heteroatoms. The van der Waals surface area contributed by atoms with Crippen molar-refractivity contribution in [3.05, 3.63) is 0 Å². The van der Waals surface area contributed by atoms with Crippen LogP contribution in [0.3, 0.4) is 0 Å². The van der Waals surface area contributed by atoms with Crippen LogP contribution in [-0.2, 0) is 0 Å². The zero-order valence-electron chi connectivity index (χ0n) is 10.00. The van der Waals surface area contributed by atoms with Gasteiger partial charge in [-0.05, 0) is 24.7 Å². The zero-order valence-corrected chi connectivity index (χ0v) is 10.00. The van der Waals surface area contributed by atoms with Crippen molar-refractivity contribution in [2.45, 2.75) is 45.3 Å². The average molecular weight is 212 g/mol. The molecule has 3 nitrogen and oxygen atoms in total. The fourth-order valence-electron chi connectivity index (χ4n) is 2.33. The number of aliphatic hydroxyl groups is 1. The molecule has 1 heterocycles. The molecule has 2 fully saturated rings. The smallest absolute Gasteiger partial charge is 0.0679 e. The van der Waals surface area contributed by atoms with Gasteiger partial charge >= 0.3 is 0 Å². The fraction of sp³-hybridized carbons (Fsp3) is 1.00. The Labute approximate surface area is 92.8 Å². The number of aliphatic hydroxyl groups excluding tert-OH is 1. The van der Waals surface area contributed by atoms with Crippen LogP contribution in [0.5, 0.6) is 0 Å². The van der Waals surface area contributed by atoms with Gasteiger partial charge in [-0.1, -0.05) is 13.8 Å². The van der Waals surface area contributed by atoms with Gasteiger partial charge in [0.25, 0.3) is 0 Å². The molecular weight excluding hydrogens is 188 g/mol. The Bertz CT molecular complexity index is 214. The van der Waals surface area contributed by atoms with E-state index in [4.69, 9.17) is 0 Å². The highest BCUT2D eigenvalue weighted by Crippen LogP contribution is 2.23. The molecule has 2 rings (SSSR count). The highest BCUT2D eigenvalue weighted by atomic mass is 16.3. The maximum atomic E-state index is 9.47. The topological polar surface area (TPSA) is 35.5 Å². The fourth-order valence-corrected chi connectivity index (χ4v) is 2.33. The number of rotatable bonds is 5. The Morgan fingerprint density at radius 1 is 1.33 bits per heavy atom. The van der Waals surface area contributed by atoms with Gasteiger partial charge in [-0.2, -0.15) is 0 Å². The molecule has 0 radical (unpaired) electrons. The van der Waals surface area contributed by atoms with Gasteiger partial charge in [-0.15, -0.1) is 0 Å². The third-order valence-corrected chi connectivity index (χ3v) is 3.35. The SMILES string of the molecule is CC(C)(CNC1CC1)CN1CCC(O)C1. The largest absolute Gasteiger partial charge is 0.392 e. The van der Waals surface area contributed by atoms with Crippen LogP contribution in [0.1, 0.15) is 33.1 Å². The van der Waals surface area contributed by atoms with Gasteiger partial charge in [0.1, 0.15) is 0 Å². The van der Waals surface area contributed by atoms with E-state index >= 15 is 0 Å². The summed E-state index contributed by atoms with van der Waals surface area (Å²) >= 11 is 0. The number of nitrogens with zero attached hydrogens (tertiary/aromatic N) is 1. The van der Waals surface area contributed by atoms with E-state index in [0.717, 1.165) is 38.6 Å². The number of β-amino-alcohol motifs (C(OH)–C–C–N with tert-alkyl or cyclic N) is 1. The Kier molecular flexibility index (Phi) is 3.33. The molecule has 0 bridgehead atoms. The molecular formula is C12H24N2O. The van der Waals surface area contributed by atoms with Crippen LogP contribution in [0, 0.1) is 5.41 Å². The van der Waals surface area contributed by atoms with Crippen molar-refractivity contribution in [1.82, 2.24) is 10.2 Å². The van der Waals surface area contributed by atoms with E-state index in [-0.39, 0.29) is 6.10 Å². The van der Waals surface area contributed by atoms with Crippen molar-refractivity contribution in [2.24, 2.45) is 5.41 Å². The number of likely N-dealkylation sites (tertiary alicyclic amines) is 1. The molecule has 0 aromatic heterocycles. The Morgan fingerprint density at radius 3 is 2.60 bits per heavy atom. The third-order valence-electron chi connectivity index (χ3n) is 3.35. The molecule has 1 aliphatic heterocycles. The molecule has 0 aromatic rings.